The van der Waals surface area contributed by atoms with E-state index in [9.17, 15) is 0 Å². The highest BCUT2D eigenvalue weighted by atomic mass is 35.7. The zero-order valence-electron chi connectivity index (χ0n) is 12.3. The summed E-state index contributed by atoms with van der Waals surface area (Å²) in [5.74, 6) is 0. The summed E-state index contributed by atoms with van der Waals surface area (Å²) in [6.07, 6.45) is 0. The van der Waals surface area contributed by atoms with Crippen molar-refractivity contribution in [2.45, 2.75) is 0 Å². The summed E-state index contributed by atoms with van der Waals surface area (Å²) in [6, 6.07) is 29.0. The van der Waals surface area contributed by atoms with Crippen molar-refractivity contribution in [3.05, 3.63) is 84.9 Å². The van der Waals surface area contributed by atoms with Crippen LogP contribution in [0.4, 0.5) is 0 Å². The van der Waals surface area contributed by atoms with Crippen molar-refractivity contribution in [3.63, 3.8) is 0 Å². The third-order valence-electron chi connectivity index (χ3n) is 4.26. The molecule has 0 bridgehead atoms. The van der Waals surface area contributed by atoms with Gasteiger partial charge in [-0.25, -0.2) is 0 Å². The Morgan fingerprint density at radius 2 is 1.22 bits per heavy atom. The van der Waals surface area contributed by atoms with Crippen LogP contribution in [0.2, 0.25) is 0 Å². The van der Waals surface area contributed by atoms with Gasteiger partial charge in [-0.1, -0.05) is 84.9 Å². The minimum absolute atomic E-state index is 1.02. The van der Waals surface area contributed by atoms with Gasteiger partial charge in [0.1, 0.15) is 0 Å². The molecule has 23 heavy (non-hydrogen) atoms. The van der Waals surface area contributed by atoms with Crippen LogP contribution in [0.15, 0.2) is 84.9 Å². The molecule has 4 rings (SSSR count). The van der Waals surface area contributed by atoms with Crippen LogP contribution in [0.25, 0.3) is 21.5 Å². The first kappa shape index (κ1) is 14.8. The number of hydrogen-bond acceptors (Lipinski definition) is 0. The predicted octanol–water partition coefficient (Wildman–Crippen LogP) is 5.03. The molecule has 4 aromatic carbocycles. The molecule has 0 aliphatic rings. The zero-order chi connectivity index (χ0) is 15.9. The van der Waals surface area contributed by atoms with Gasteiger partial charge in [0.25, 0.3) is 0 Å². The predicted molar refractivity (Wildman–Crippen MR) is 105 cm³/mol. The lowest BCUT2D eigenvalue weighted by Gasteiger charge is -2.20. The second-order valence-corrected chi connectivity index (χ2v) is 11.9. The van der Waals surface area contributed by atoms with Gasteiger partial charge in [0.15, 0.2) is 0 Å². The maximum absolute atomic E-state index is 6.92. The molecule has 0 nitrogen and oxygen atoms in total. The van der Waals surface area contributed by atoms with E-state index in [-0.39, 0.29) is 0 Å². The zero-order valence-corrected chi connectivity index (χ0v) is 14.9. The fourth-order valence-corrected chi connectivity index (χ4v) is 6.65. The molecule has 0 unspecified atom stereocenters. The third kappa shape index (κ3) is 2.45. The minimum Gasteiger partial charge on any atom is -0.134 e. The SMILES string of the molecule is Cl[Si](Cl)(c1ccccc1)c1cccc2c1ccc1ccccc12. The maximum Gasteiger partial charge on any atom is 0.311 e. The van der Waals surface area contributed by atoms with Crippen molar-refractivity contribution in [1.29, 1.82) is 0 Å². The highest BCUT2D eigenvalue weighted by Crippen LogP contribution is 2.27. The lowest BCUT2D eigenvalue weighted by Crippen LogP contribution is -2.48. The van der Waals surface area contributed by atoms with Gasteiger partial charge in [-0.2, -0.15) is 0 Å². The molecule has 0 amide bonds. The van der Waals surface area contributed by atoms with Crippen LogP contribution in [0.5, 0.6) is 0 Å². The van der Waals surface area contributed by atoms with Crippen molar-refractivity contribution < 1.29 is 0 Å². The molecule has 0 N–H and O–H groups in total. The summed E-state index contributed by atoms with van der Waals surface area (Å²) in [4.78, 5) is 0. The molecule has 4 aromatic rings. The van der Waals surface area contributed by atoms with Gasteiger partial charge < -0.3 is 0 Å². The van der Waals surface area contributed by atoms with E-state index in [1.54, 1.807) is 0 Å². The van der Waals surface area contributed by atoms with Crippen LogP contribution in [0.1, 0.15) is 0 Å². The number of halogens is 2. The average molecular weight is 353 g/mol. The van der Waals surface area contributed by atoms with Crippen LogP contribution < -0.4 is 10.4 Å². The molecule has 0 aromatic heterocycles. The van der Waals surface area contributed by atoms with E-state index < -0.39 is 6.69 Å². The molecule has 0 saturated heterocycles. The first-order chi connectivity index (χ1) is 11.2. The Morgan fingerprint density at radius 1 is 0.522 bits per heavy atom. The lowest BCUT2D eigenvalue weighted by atomic mass is 10.0. The van der Waals surface area contributed by atoms with Crippen LogP contribution in [0, 0.1) is 0 Å². The van der Waals surface area contributed by atoms with Crippen LogP contribution in [0.3, 0.4) is 0 Å². The number of benzene rings is 4. The summed E-state index contributed by atoms with van der Waals surface area (Å²) in [7, 11) is 0. The maximum atomic E-state index is 6.92. The van der Waals surface area contributed by atoms with Crippen LogP contribution >= 0.6 is 22.2 Å². The number of hydrogen-bond donors (Lipinski definition) is 0. The highest BCUT2D eigenvalue weighted by molar-refractivity contribution is 7.56. The van der Waals surface area contributed by atoms with Gasteiger partial charge in [0, 0.05) is 0 Å². The molecule has 0 aliphatic heterocycles. The smallest absolute Gasteiger partial charge is 0.134 e. The highest BCUT2D eigenvalue weighted by Gasteiger charge is 2.34. The Hall–Kier alpha value is -1.80. The van der Waals surface area contributed by atoms with Crippen molar-refractivity contribution in [2.75, 3.05) is 0 Å². The molecule has 0 saturated carbocycles. The molecule has 0 aliphatic carbocycles. The monoisotopic (exact) mass is 352 g/mol. The summed E-state index contributed by atoms with van der Waals surface area (Å²) >= 11 is 13.8. The van der Waals surface area contributed by atoms with Crippen molar-refractivity contribution in [3.8, 4) is 0 Å². The van der Waals surface area contributed by atoms with Crippen molar-refractivity contribution in [1.82, 2.24) is 0 Å². The lowest BCUT2D eigenvalue weighted by molar-refractivity contribution is 1.75. The van der Waals surface area contributed by atoms with Crippen LogP contribution in [-0.4, -0.2) is 6.69 Å². The molecule has 0 fully saturated rings. The number of rotatable bonds is 2. The normalized spacial score (nSPS) is 11.9. The summed E-state index contributed by atoms with van der Waals surface area (Å²) in [5.41, 5.74) is 0. The molecule has 0 heterocycles. The fraction of sp³-hybridized carbons (Fsp3) is 0. The second kappa shape index (κ2) is 5.68. The average Bonchev–Trinajstić information content (AvgIpc) is 2.61. The van der Waals surface area contributed by atoms with Gasteiger partial charge in [-0.15, -0.1) is 22.2 Å². The molecule has 0 radical (unpaired) electrons. The molecule has 112 valence electrons. The Kier molecular flexibility index (Phi) is 3.65. The van der Waals surface area contributed by atoms with E-state index in [2.05, 4.69) is 54.6 Å². The summed E-state index contributed by atoms with van der Waals surface area (Å²) in [5, 5.41) is 6.88. The quantitative estimate of drug-likeness (QED) is 0.269. The van der Waals surface area contributed by atoms with Crippen LogP contribution in [-0.2, 0) is 0 Å². The van der Waals surface area contributed by atoms with Gasteiger partial charge >= 0.3 is 6.69 Å². The van der Waals surface area contributed by atoms with E-state index in [0.29, 0.717) is 0 Å². The Balaban J connectivity index is 2.03. The second-order valence-electron chi connectivity index (χ2n) is 5.63. The Morgan fingerprint density at radius 3 is 2.04 bits per heavy atom. The van der Waals surface area contributed by atoms with Gasteiger partial charge in [-0.05, 0) is 31.9 Å². The van der Waals surface area contributed by atoms with Gasteiger partial charge in [-0.3, -0.25) is 0 Å². The molecule has 0 atom stereocenters. The molecular formula is C20H14Cl2Si. The van der Waals surface area contributed by atoms with E-state index in [1.807, 2.05) is 30.3 Å². The molecule has 3 heteroatoms. The minimum atomic E-state index is -2.76. The summed E-state index contributed by atoms with van der Waals surface area (Å²) in [6.45, 7) is -2.76. The summed E-state index contributed by atoms with van der Waals surface area (Å²) < 4.78 is 0. The van der Waals surface area contributed by atoms with Gasteiger partial charge in [0.05, 0.1) is 0 Å². The van der Waals surface area contributed by atoms with Crippen molar-refractivity contribution in [2.24, 2.45) is 0 Å². The van der Waals surface area contributed by atoms with E-state index >= 15 is 0 Å². The Labute approximate surface area is 145 Å². The Bertz CT molecular complexity index is 994. The first-order valence-electron chi connectivity index (χ1n) is 7.52. The van der Waals surface area contributed by atoms with E-state index in [0.717, 1.165) is 15.8 Å². The van der Waals surface area contributed by atoms with E-state index in [4.69, 9.17) is 22.2 Å². The largest absolute Gasteiger partial charge is 0.311 e. The fourth-order valence-electron chi connectivity index (χ4n) is 3.12. The molecule has 0 spiro atoms. The topological polar surface area (TPSA) is 0 Å². The van der Waals surface area contributed by atoms with Gasteiger partial charge in [0.2, 0.25) is 0 Å². The standard InChI is InChI=1S/C20H14Cl2Si/c21-23(22,16-8-2-1-3-9-16)20-12-6-11-18-17-10-5-4-7-15(17)13-14-19(18)20/h1-14H. The number of fused-ring (bicyclic) bond motifs is 3. The van der Waals surface area contributed by atoms with E-state index in [1.165, 1.54) is 16.2 Å². The van der Waals surface area contributed by atoms with Crippen molar-refractivity contribution >= 4 is 60.8 Å². The first-order valence-corrected chi connectivity index (χ1v) is 11.5. The molecular weight excluding hydrogens is 339 g/mol. The third-order valence-corrected chi connectivity index (χ3v) is 8.96.